The second-order valence-electron chi connectivity index (χ2n) is 0.408. The van der Waals surface area contributed by atoms with E-state index in [1.54, 1.807) is 0 Å². The molecule has 92 valence electrons. The minimum Gasteiger partial charge on any atom is -0.759 e. The second-order valence-corrected chi connectivity index (χ2v) is 1.22. The molecule has 10 N–H and O–H groups in total. The van der Waals surface area contributed by atoms with Gasteiger partial charge in [0.15, 0.2) is 0 Å². The Morgan fingerprint density at radius 1 is 0.667 bits per heavy atom. The van der Waals surface area contributed by atoms with Crippen molar-refractivity contribution < 1.29 is 79.0 Å². The van der Waals surface area contributed by atoms with E-state index in [1.165, 1.54) is 0 Å². The van der Waals surface area contributed by atoms with Crippen LogP contribution in [0.1, 0.15) is 0 Å². The van der Waals surface area contributed by atoms with Crippen LogP contribution in [0.5, 0.6) is 0 Å². The van der Waals surface area contributed by atoms with Crippen molar-refractivity contribution in [1.29, 1.82) is 0 Å². The summed E-state index contributed by atoms with van der Waals surface area (Å²) in [5.41, 5.74) is 0. The zero-order chi connectivity index (χ0) is 4.50. The first-order valence-electron chi connectivity index (χ1n) is 0.667. The molecule has 0 aliphatic heterocycles. The molecule has 0 aromatic rings. The molecular weight excluding hydrogens is 303 g/mol. The fourth-order valence-corrected chi connectivity index (χ4v) is 0. The van der Waals surface area contributed by atoms with Crippen molar-refractivity contribution in [3.8, 4) is 0 Å². The van der Waals surface area contributed by atoms with Crippen LogP contribution < -0.4 is 0 Å². The first-order chi connectivity index (χ1) is 2.00. The van der Waals surface area contributed by atoms with E-state index >= 15 is 0 Å². The Labute approximate surface area is 89.6 Å². The fraction of sp³-hybridized carbons (Fsp3) is 0. The molecule has 0 atom stereocenters. The van der Waals surface area contributed by atoms with Gasteiger partial charge in [-0.2, -0.15) is 0 Å². The topological polar surface area (TPSA) is 238 Å². The fourth-order valence-electron chi connectivity index (χ4n) is 0. The minimum atomic E-state index is -5.17. The zero-order valence-corrected chi connectivity index (χ0v) is 7.84. The van der Waals surface area contributed by atoms with Crippen molar-refractivity contribution in [1.82, 2.24) is 0 Å². The summed E-state index contributed by atoms with van der Waals surface area (Å²) in [5, 5.41) is 0. The standard InChI is InChI=1S/2Cu.H2O4S.5H2O/c;;1-5(2,3)4;;;;;/h;;(H2,1,2,3,4);5*1H2/q2*+1;;;;;;/p-2. The van der Waals surface area contributed by atoms with Crippen LogP contribution in [0.2, 0.25) is 0 Å². The summed E-state index contributed by atoms with van der Waals surface area (Å²) in [5.74, 6) is 0. The Morgan fingerprint density at radius 2 is 0.667 bits per heavy atom. The third kappa shape index (κ3) is 2010. The van der Waals surface area contributed by atoms with Gasteiger partial charge in [-0.3, -0.25) is 8.42 Å². The van der Waals surface area contributed by atoms with Gasteiger partial charge >= 0.3 is 34.1 Å². The Balaban J connectivity index is -0.00000000381. The van der Waals surface area contributed by atoms with Crippen LogP contribution in [0, 0.1) is 0 Å². The molecule has 0 aliphatic carbocycles. The van der Waals surface area contributed by atoms with Gasteiger partial charge in [0.1, 0.15) is 0 Å². The molecule has 0 rings (SSSR count). The molecule has 0 aromatic carbocycles. The molecule has 0 heterocycles. The summed E-state index contributed by atoms with van der Waals surface area (Å²) in [7, 11) is -5.17. The molecule has 0 aliphatic rings. The number of hydrogen-bond acceptors (Lipinski definition) is 4. The maximum atomic E-state index is 8.52. The minimum absolute atomic E-state index is 0. The van der Waals surface area contributed by atoms with E-state index in [2.05, 4.69) is 0 Å². The molecular formula is H10Cu2O9S. The predicted octanol–water partition coefficient (Wildman–Crippen LogP) is -5.47. The maximum Gasteiger partial charge on any atom is 1.00 e. The summed E-state index contributed by atoms with van der Waals surface area (Å²) in [6, 6.07) is 0. The normalized spacial score (nSPS) is 4.83. The van der Waals surface area contributed by atoms with Gasteiger partial charge in [-0.1, -0.05) is 0 Å². The molecule has 0 saturated heterocycles. The van der Waals surface area contributed by atoms with Gasteiger partial charge in [0.05, 0.1) is 0 Å². The molecule has 12 heavy (non-hydrogen) atoms. The SMILES string of the molecule is O.O.O.O.O.O=S(=O)([O-])[O-].[Cu+].[Cu+]. The van der Waals surface area contributed by atoms with Crippen LogP contribution >= 0.6 is 0 Å². The van der Waals surface area contributed by atoms with Crippen LogP contribution in [0.25, 0.3) is 0 Å². The molecule has 0 aromatic heterocycles. The summed E-state index contributed by atoms with van der Waals surface area (Å²) < 4.78 is 34.1. The number of rotatable bonds is 0. The van der Waals surface area contributed by atoms with Gasteiger partial charge in [-0.05, 0) is 0 Å². The predicted molar refractivity (Wildman–Crippen MR) is 28.5 cm³/mol. The molecule has 9 nitrogen and oxygen atoms in total. The van der Waals surface area contributed by atoms with Crippen LogP contribution in [0.15, 0.2) is 0 Å². The van der Waals surface area contributed by atoms with Gasteiger partial charge in [0.2, 0.25) is 0 Å². The summed E-state index contributed by atoms with van der Waals surface area (Å²) >= 11 is 0. The molecule has 0 saturated carbocycles. The van der Waals surface area contributed by atoms with Crippen molar-refractivity contribution in [2.75, 3.05) is 0 Å². The summed E-state index contributed by atoms with van der Waals surface area (Å²) in [4.78, 5) is 0. The van der Waals surface area contributed by atoms with Gasteiger partial charge in [-0.25, -0.2) is 0 Å². The van der Waals surface area contributed by atoms with Crippen molar-refractivity contribution in [3.05, 3.63) is 0 Å². The smallest absolute Gasteiger partial charge is 0.759 e. The van der Waals surface area contributed by atoms with E-state index in [-0.39, 0.29) is 61.5 Å². The monoisotopic (exact) mass is 312 g/mol. The largest absolute Gasteiger partial charge is 1.00 e. The Morgan fingerprint density at radius 3 is 0.667 bits per heavy atom. The van der Waals surface area contributed by atoms with Gasteiger partial charge in [-0.15, -0.1) is 0 Å². The molecule has 12 heteroatoms. The third-order valence-corrected chi connectivity index (χ3v) is 0. The van der Waals surface area contributed by atoms with E-state index in [9.17, 15) is 0 Å². The van der Waals surface area contributed by atoms with Gasteiger partial charge in [0, 0.05) is 10.4 Å². The molecule has 0 unspecified atom stereocenters. The zero-order valence-electron chi connectivity index (χ0n) is 5.14. The second kappa shape index (κ2) is 29.8. The molecule has 0 amide bonds. The van der Waals surface area contributed by atoms with Gasteiger partial charge < -0.3 is 36.5 Å². The first kappa shape index (κ1) is 78.6. The van der Waals surface area contributed by atoms with Gasteiger partial charge in [0.25, 0.3) is 0 Å². The van der Waals surface area contributed by atoms with E-state index in [0.717, 1.165) is 0 Å². The molecule has 0 spiro atoms. The van der Waals surface area contributed by atoms with Crippen molar-refractivity contribution in [2.24, 2.45) is 0 Å². The van der Waals surface area contributed by atoms with E-state index < -0.39 is 10.4 Å². The summed E-state index contributed by atoms with van der Waals surface area (Å²) in [6.45, 7) is 0. The quantitative estimate of drug-likeness (QED) is 0.241. The molecule has 0 bridgehead atoms. The van der Waals surface area contributed by atoms with Crippen molar-refractivity contribution in [3.63, 3.8) is 0 Å². The van der Waals surface area contributed by atoms with Crippen LogP contribution in [-0.4, -0.2) is 44.9 Å². The van der Waals surface area contributed by atoms with E-state index in [0.29, 0.717) is 0 Å². The molecule has 0 radical (unpaired) electrons. The maximum absolute atomic E-state index is 8.52. The van der Waals surface area contributed by atoms with Crippen molar-refractivity contribution >= 4 is 10.4 Å². The average molecular weight is 313 g/mol. The van der Waals surface area contributed by atoms with Crippen LogP contribution in [0.3, 0.4) is 0 Å². The van der Waals surface area contributed by atoms with E-state index in [1.807, 2.05) is 0 Å². The van der Waals surface area contributed by atoms with Crippen LogP contribution in [0.4, 0.5) is 0 Å². The van der Waals surface area contributed by atoms with Crippen molar-refractivity contribution in [2.45, 2.75) is 0 Å². The van der Waals surface area contributed by atoms with Crippen LogP contribution in [-0.2, 0) is 44.5 Å². The van der Waals surface area contributed by atoms with E-state index in [4.69, 9.17) is 17.5 Å². The average Bonchev–Trinajstić information content (AvgIpc) is 0.722. The first-order valence-corrected chi connectivity index (χ1v) is 2.00. The Bertz CT molecular complexity index is 95.7. The molecule has 0 fully saturated rings. The third-order valence-electron chi connectivity index (χ3n) is 0. The summed E-state index contributed by atoms with van der Waals surface area (Å²) in [6.07, 6.45) is 0. The Kier molecular flexibility index (Phi) is 195. The Hall–Kier alpha value is 0.709. The number of hydrogen-bond donors (Lipinski definition) is 0.